The summed E-state index contributed by atoms with van der Waals surface area (Å²) in [7, 11) is 0. The van der Waals surface area contributed by atoms with Gasteiger partial charge in [0, 0.05) is 4.11 Å². The van der Waals surface area contributed by atoms with E-state index in [1.54, 1.807) is 12.1 Å². The Hall–Kier alpha value is -1.68. The third-order valence-corrected chi connectivity index (χ3v) is 3.94. The highest BCUT2D eigenvalue weighted by Crippen LogP contribution is 2.33. The highest BCUT2D eigenvalue weighted by molar-refractivity contribution is 5.52. The van der Waals surface area contributed by atoms with Gasteiger partial charge in [-0.3, -0.25) is 5.21 Å². The van der Waals surface area contributed by atoms with Gasteiger partial charge in [-0.05, 0) is 55.1 Å². The molecule has 0 spiro atoms. The van der Waals surface area contributed by atoms with Gasteiger partial charge in [-0.25, -0.2) is 5.06 Å². The van der Waals surface area contributed by atoms with Crippen LogP contribution in [-0.4, -0.2) is 11.2 Å². The number of hydrogen-bond acceptors (Lipinski definition) is 4. The minimum atomic E-state index is -2.33. The van der Waals surface area contributed by atoms with E-state index in [1.165, 1.54) is 12.1 Å². The molecular formula is C16H22N2O2. The number of rotatable bonds is 5. The van der Waals surface area contributed by atoms with E-state index in [0.717, 1.165) is 37.2 Å². The van der Waals surface area contributed by atoms with E-state index < -0.39 is 12.9 Å². The first-order valence-corrected chi connectivity index (χ1v) is 6.95. The normalized spacial score (nSPS) is 20.4. The number of hydroxylamine groups is 1. The summed E-state index contributed by atoms with van der Waals surface area (Å²) in [6.07, 6.45) is 4.92. The summed E-state index contributed by atoms with van der Waals surface area (Å²) in [6.45, 7) is 1.42. The van der Waals surface area contributed by atoms with Crippen LogP contribution in [-0.2, 0) is 0 Å². The molecule has 1 aromatic carbocycles. The van der Waals surface area contributed by atoms with Crippen molar-refractivity contribution in [2.75, 3.05) is 5.06 Å². The van der Waals surface area contributed by atoms with Crippen molar-refractivity contribution in [2.24, 2.45) is 11.1 Å². The molecule has 1 atom stereocenters. The van der Waals surface area contributed by atoms with Gasteiger partial charge in [0.15, 0.2) is 0 Å². The molecule has 1 fully saturated rings. The first-order valence-electron chi connectivity index (χ1n) is 8.45. The molecule has 0 saturated heterocycles. The van der Waals surface area contributed by atoms with Gasteiger partial charge in [0.25, 0.3) is 0 Å². The number of anilines is 1. The Morgan fingerprint density at radius 1 is 1.40 bits per heavy atom. The van der Waals surface area contributed by atoms with Crippen LogP contribution < -0.4 is 5.06 Å². The van der Waals surface area contributed by atoms with Gasteiger partial charge < -0.3 is 0 Å². The van der Waals surface area contributed by atoms with Gasteiger partial charge in [-0.2, -0.15) is 0 Å². The Morgan fingerprint density at radius 2 is 2.05 bits per heavy atom. The zero-order chi connectivity index (χ0) is 17.0. The summed E-state index contributed by atoms with van der Waals surface area (Å²) >= 11 is 0. The number of nitrogens with zero attached hydrogens (tertiary/aromatic N) is 2. The molecule has 1 aliphatic rings. The van der Waals surface area contributed by atoms with Crippen molar-refractivity contribution in [3.63, 3.8) is 0 Å². The molecule has 1 saturated carbocycles. The fraction of sp³-hybridized carbons (Fsp3) is 0.500. The minimum Gasteiger partial charge on any atom is -0.288 e. The lowest BCUT2D eigenvalue weighted by Gasteiger charge is -2.36. The topological polar surface area (TPSA) is 52.9 Å². The molecule has 0 aliphatic heterocycles. The lowest BCUT2D eigenvalue weighted by Crippen LogP contribution is -2.40. The molecule has 108 valence electrons. The second kappa shape index (κ2) is 6.66. The molecule has 0 aromatic heterocycles. The standard InChI is InChI=1S/C16H22N2O2/c1-12(2)16(13-6-4-3-5-7-13)18(20)15-10-8-14(17-19)9-11-15/h8-11,13,16,20H,1,3-7H2,2H3/i2D3. The van der Waals surface area contributed by atoms with Gasteiger partial charge >= 0.3 is 0 Å². The van der Waals surface area contributed by atoms with Crippen LogP contribution in [0, 0.1) is 10.8 Å². The van der Waals surface area contributed by atoms with Gasteiger partial charge in [-0.1, -0.05) is 31.4 Å². The lowest BCUT2D eigenvalue weighted by molar-refractivity contribution is 0.176. The second-order valence-electron chi connectivity index (χ2n) is 5.32. The zero-order valence-corrected chi connectivity index (χ0v) is 11.5. The van der Waals surface area contributed by atoms with Crippen LogP contribution in [0.15, 0.2) is 41.6 Å². The summed E-state index contributed by atoms with van der Waals surface area (Å²) in [4.78, 5) is 10.5. The zero-order valence-electron chi connectivity index (χ0n) is 14.5. The van der Waals surface area contributed by atoms with Gasteiger partial charge in [-0.15, -0.1) is 4.91 Å². The second-order valence-corrected chi connectivity index (χ2v) is 5.32. The van der Waals surface area contributed by atoms with Crippen LogP contribution in [0.25, 0.3) is 0 Å². The lowest BCUT2D eigenvalue weighted by atomic mass is 9.81. The molecule has 4 heteroatoms. The van der Waals surface area contributed by atoms with Crippen molar-refractivity contribution < 1.29 is 9.32 Å². The van der Waals surface area contributed by atoms with Crippen molar-refractivity contribution in [1.82, 2.24) is 0 Å². The molecule has 1 unspecified atom stereocenters. The molecule has 0 heterocycles. The summed E-state index contributed by atoms with van der Waals surface area (Å²) in [6, 6.07) is 5.42. The Bertz CT molecular complexity index is 551. The maximum absolute atomic E-state index is 10.6. The van der Waals surface area contributed by atoms with Crippen LogP contribution in [0.1, 0.15) is 43.1 Å². The summed E-state index contributed by atoms with van der Waals surface area (Å²) < 4.78 is 22.9. The largest absolute Gasteiger partial charge is 0.288 e. The monoisotopic (exact) mass is 277 g/mol. The van der Waals surface area contributed by atoms with Crippen molar-refractivity contribution in [3.05, 3.63) is 41.3 Å². The summed E-state index contributed by atoms with van der Waals surface area (Å²) in [5.74, 6) is 0.0468. The smallest absolute Gasteiger partial charge is 0.108 e. The third kappa shape index (κ3) is 3.25. The Morgan fingerprint density at radius 3 is 2.60 bits per heavy atom. The maximum Gasteiger partial charge on any atom is 0.108 e. The molecule has 1 aromatic rings. The van der Waals surface area contributed by atoms with E-state index in [4.69, 9.17) is 4.11 Å². The molecule has 0 radical (unpaired) electrons. The highest BCUT2D eigenvalue weighted by atomic mass is 16.5. The van der Waals surface area contributed by atoms with Gasteiger partial charge in [0.1, 0.15) is 5.69 Å². The van der Waals surface area contributed by atoms with Crippen LogP contribution in [0.2, 0.25) is 0 Å². The first-order chi connectivity index (χ1) is 10.8. The van der Waals surface area contributed by atoms with E-state index in [0.29, 0.717) is 5.69 Å². The van der Waals surface area contributed by atoms with Gasteiger partial charge in [0.2, 0.25) is 0 Å². The van der Waals surface area contributed by atoms with E-state index in [9.17, 15) is 10.1 Å². The summed E-state index contributed by atoms with van der Waals surface area (Å²) in [5, 5.41) is 14.5. The number of benzene rings is 1. The van der Waals surface area contributed by atoms with Crippen molar-refractivity contribution in [3.8, 4) is 0 Å². The quantitative estimate of drug-likeness (QED) is 0.477. The van der Waals surface area contributed by atoms with Crippen molar-refractivity contribution in [2.45, 2.75) is 45.0 Å². The molecule has 0 amide bonds. The molecule has 1 aliphatic carbocycles. The Kier molecular flexibility index (Phi) is 3.67. The molecular weight excluding hydrogens is 252 g/mol. The maximum atomic E-state index is 10.6. The molecule has 0 bridgehead atoms. The number of hydrogen-bond donors (Lipinski definition) is 1. The molecule has 4 nitrogen and oxygen atoms in total. The van der Waals surface area contributed by atoms with E-state index in [2.05, 4.69) is 11.8 Å². The van der Waals surface area contributed by atoms with Gasteiger partial charge in [0.05, 0.1) is 11.7 Å². The summed E-state index contributed by atoms with van der Waals surface area (Å²) in [5.41, 5.74) is 0.730. The van der Waals surface area contributed by atoms with E-state index in [1.807, 2.05) is 0 Å². The predicted octanol–water partition coefficient (Wildman–Crippen LogP) is 4.81. The average Bonchev–Trinajstić information content (AvgIpc) is 2.55. The molecule has 1 N–H and O–H groups in total. The average molecular weight is 277 g/mol. The van der Waals surface area contributed by atoms with E-state index in [-0.39, 0.29) is 17.2 Å². The van der Waals surface area contributed by atoms with E-state index >= 15 is 0 Å². The molecule has 20 heavy (non-hydrogen) atoms. The number of nitroso groups, excluding NO2 is 1. The van der Waals surface area contributed by atoms with Crippen molar-refractivity contribution in [1.29, 1.82) is 0 Å². The van der Waals surface area contributed by atoms with Crippen LogP contribution in [0.4, 0.5) is 11.4 Å². The molecule has 2 rings (SSSR count). The SMILES string of the molecule is [2H]C([2H])([2H])C(=C)C(C1CCCCC1)N(O)c1ccc(N=O)cc1. The fourth-order valence-electron chi connectivity index (χ4n) is 2.91. The fourth-order valence-corrected chi connectivity index (χ4v) is 2.91. The third-order valence-electron chi connectivity index (χ3n) is 3.94. The Balaban J connectivity index is 2.30. The first kappa shape index (κ1) is 11.0. The minimum absolute atomic E-state index is 0.0458. The Labute approximate surface area is 124 Å². The van der Waals surface area contributed by atoms with Crippen LogP contribution >= 0.6 is 0 Å². The van der Waals surface area contributed by atoms with Crippen LogP contribution in [0.3, 0.4) is 0 Å². The van der Waals surface area contributed by atoms with Crippen molar-refractivity contribution >= 4 is 11.4 Å². The van der Waals surface area contributed by atoms with Crippen LogP contribution in [0.5, 0.6) is 0 Å². The predicted molar refractivity (Wildman–Crippen MR) is 81.3 cm³/mol. The highest BCUT2D eigenvalue weighted by Gasteiger charge is 2.29.